The monoisotopic (exact) mass is 343 g/mol. The molecular formula is C18H21N3O4. The summed E-state index contributed by atoms with van der Waals surface area (Å²) in [7, 11) is 1.60. The van der Waals surface area contributed by atoms with E-state index in [0.29, 0.717) is 31.6 Å². The molecule has 7 heteroatoms. The first-order chi connectivity index (χ1) is 12.0. The maximum Gasteiger partial charge on any atom is 0.310 e. The van der Waals surface area contributed by atoms with Crippen LogP contribution in [0.1, 0.15) is 30.1 Å². The maximum absolute atomic E-state index is 12.9. The minimum Gasteiger partial charge on any atom is -0.466 e. The highest BCUT2D eigenvalue weighted by molar-refractivity contribution is 5.97. The summed E-state index contributed by atoms with van der Waals surface area (Å²) in [4.78, 5) is 43.2. The number of carbonyl (C=O) groups is 2. The van der Waals surface area contributed by atoms with Gasteiger partial charge in [-0.3, -0.25) is 19.0 Å². The molecule has 1 saturated heterocycles. The molecule has 0 bridgehead atoms. The molecule has 1 atom stereocenters. The van der Waals surface area contributed by atoms with Gasteiger partial charge in [0.2, 0.25) is 0 Å². The molecule has 0 radical (unpaired) electrons. The third-order valence-corrected chi connectivity index (χ3v) is 4.53. The lowest BCUT2D eigenvalue weighted by Crippen LogP contribution is -2.44. The van der Waals surface area contributed by atoms with E-state index in [1.807, 2.05) is 6.07 Å². The van der Waals surface area contributed by atoms with Crippen LogP contribution in [-0.4, -0.2) is 46.0 Å². The average molecular weight is 343 g/mol. The molecule has 0 saturated carbocycles. The standard InChI is InChI=1S/C18H21N3O4/c1-3-25-18(24)13-7-5-9-21(11-13)17(23)14-10-12-6-4-8-19-15(12)20(2)16(14)22/h4,6,8,10,13H,3,5,7,9,11H2,1-2H3. The third kappa shape index (κ3) is 3.26. The van der Waals surface area contributed by atoms with Gasteiger partial charge in [-0.2, -0.15) is 0 Å². The molecule has 1 fully saturated rings. The number of aromatic nitrogens is 2. The Morgan fingerprint density at radius 2 is 2.20 bits per heavy atom. The van der Waals surface area contributed by atoms with Crippen molar-refractivity contribution in [1.82, 2.24) is 14.5 Å². The number of piperidine rings is 1. The Morgan fingerprint density at radius 3 is 2.96 bits per heavy atom. The Balaban J connectivity index is 1.90. The number of aryl methyl sites for hydroxylation is 1. The number of hydrogen-bond donors (Lipinski definition) is 0. The van der Waals surface area contributed by atoms with Crippen molar-refractivity contribution in [2.24, 2.45) is 13.0 Å². The Labute approximate surface area is 145 Å². The topological polar surface area (TPSA) is 81.5 Å². The summed E-state index contributed by atoms with van der Waals surface area (Å²) in [5, 5.41) is 0.729. The summed E-state index contributed by atoms with van der Waals surface area (Å²) < 4.78 is 6.45. The van der Waals surface area contributed by atoms with Gasteiger partial charge < -0.3 is 9.64 Å². The van der Waals surface area contributed by atoms with Gasteiger partial charge in [-0.15, -0.1) is 0 Å². The smallest absolute Gasteiger partial charge is 0.310 e. The number of ether oxygens (including phenoxy) is 1. The van der Waals surface area contributed by atoms with Crippen molar-refractivity contribution in [3.63, 3.8) is 0 Å². The summed E-state index contributed by atoms with van der Waals surface area (Å²) in [6.45, 7) is 2.90. The lowest BCUT2D eigenvalue weighted by atomic mass is 9.97. The van der Waals surface area contributed by atoms with Gasteiger partial charge in [0.1, 0.15) is 11.2 Å². The van der Waals surface area contributed by atoms with Crippen molar-refractivity contribution in [3.8, 4) is 0 Å². The number of carbonyl (C=O) groups excluding carboxylic acids is 2. The molecule has 3 heterocycles. The van der Waals surface area contributed by atoms with Crippen molar-refractivity contribution in [2.75, 3.05) is 19.7 Å². The second-order valence-electron chi connectivity index (χ2n) is 6.18. The highest BCUT2D eigenvalue weighted by Gasteiger charge is 2.31. The molecule has 0 aliphatic carbocycles. The van der Waals surface area contributed by atoms with E-state index < -0.39 is 0 Å². The number of amides is 1. The third-order valence-electron chi connectivity index (χ3n) is 4.53. The molecule has 1 aliphatic rings. The number of nitrogens with zero attached hydrogens (tertiary/aromatic N) is 3. The zero-order valence-electron chi connectivity index (χ0n) is 14.4. The van der Waals surface area contributed by atoms with Crippen molar-refractivity contribution in [3.05, 3.63) is 40.3 Å². The average Bonchev–Trinajstić information content (AvgIpc) is 2.64. The Morgan fingerprint density at radius 1 is 1.40 bits per heavy atom. The van der Waals surface area contributed by atoms with Crippen LogP contribution >= 0.6 is 0 Å². The molecule has 25 heavy (non-hydrogen) atoms. The molecule has 2 aromatic heterocycles. The second kappa shape index (κ2) is 7.04. The summed E-state index contributed by atoms with van der Waals surface area (Å²) in [5.41, 5.74) is 0.258. The summed E-state index contributed by atoms with van der Waals surface area (Å²) in [5.74, 6) is -0.959. The normalized spacial score (nSPS) is 17.5. The highest BCUT2D eigenvalue weighted by Crippen LogP contribution is 2.20. The first kappa shape index (κ1) is 17.1. The van der Waals surface area contributed by atoms with Gasteiger partial charge in [-0.05, 0) is 38.0 Å². The second-order valence-corrected chi connectivity index (χ2v) is 6.18. The van der Waals surface area contributed by atoms with Crippen LogP contribution in [0.15, 0.2) is 29.2 Å². The molecular weight excluding hydrogens is 322 g/mol. The van der Waals surface area contributed by atoms with Gasteiger partial charge in [0.25, 0.3) is 11.5 Å². The van der Waals surface area contributed by atoms with Crippen LogP contribution in [0.2, 0.25) is 0 Å². The molecule has 0 N–H and O–H groups in total. The maximum atomic E-state index is 12.9. The van der Waals surface area contributed by atoms with E-state index in [0.717, 1.165) is 5.39 Å². The van der Waals surface area contributed by atoms with E-state index in [1.54, 1.807) is 37.2 Å². The number of esters is 1. The van der Waals surface area contributed by atoms with Crippen LogP contribution in [0.25, 0.3) is 11.0 Å². The van der Waals surface area contributed by atoms with Crippen molar-refractivity contribution in [2.45, 2.75) is 19.8 Å². The number of pyridine rings is 2. The van der Waals surface area contributed by atoms with Crippen LogP contribution in [0.4, 0.5) is 0 Å². The van der Waals surface area contributed by atoms with E-state index in [9.17, 15) is 14.4 Å². The molecule has 1 aliphatic heterocycles. The van der Waals surface area contributed by atoms with Crippen LogP contribution < -0.4 is 5.56 Å². The summed E-state index contributed by atoms with van der Waals surface area (Å²) in [6, 6.07) is 5.16. The van der Waals surface area contributed by atoms with Gasteiger partial charge >= 0.3 is 5.97 Å². The molecule has 3 rings (SSSR count). The fraction of sp³-hybridized carbons (Fsp3) is 0.444. The quantitative estimate of drug-likeness (QED) is 0.786. The fourth-order valence-electron chi connectivity index (χ4n) is 3.23. The number of likely N-dealkylation sites (tertiary alicyclic amines) is 1. The minimum atomic E-state index is -0.380. The van der Waals surface area contributed by atoms with Crippen molar-refractivity contribution < 1.29 is 14.3 Å². The van der Waals surface area contributed by atoms with Crippen molar-refractivity contribution >= 4 is 22.9 Å². The zero-order chi connectivity index (χ0) is 18.0. The first-order valence-electron chi connectivity index (χ1n) is 8.43. The minimum absolute atomic E-state index is 0.104. The number of rotatable bonds is 3. The van der Waals surface area contributed by atoms with Gasteiger partial charge in [-0.1, -0.05) is 0 Å². The molecule has 0 spiro atoms. The molecule has 1 unspecified atom stereocenters. The van der Waals surface area contributed by atoms with Crippen LogP contribution in [0, 0.1) is 5.92 Å². The Kier molecular flexibility index (Phi) is 4.83. The van der Waals surface area contributed by atoms with E-state index >= 15 is 0 Å². The summed E-state index contributed by atoms with van der Waals surface area (Å²) >= 11 is 0. The van der Waals surface area contributed by atoms with Crippen molar-refractivity contribution in [1.29, 1.82) is 0 Å². The number of fused-ring (bicyclic) bond motifs is 1. The number of hydrogen-bond acceptors (Lipinski definition) is 5. The highest BCUT2D eigenvalue weighted by atomic mass is 16.5. The molecule has 7 nitrogen and oxygen atoms in total. The lowest BCUT2D eigenvalue weighted by Gasteiger charge is -2.31. The lowest BCUT2D eigenvalue weighted by molar-refractivity contribution is -0.149. The molecule has 1 amide bonds. The van der Waals surface area contributed by atoms with Gasteiger partial charge in [0.05, 0.1) is 12.5 Å². The molecule has 2 aromatic rings. The Hall–Kier alpha value is -2.70. The van der Waals surface area contributed by atoms with E-state index in [2.05, 4.69) is 4.98 Å². The van der Waals surface area contributed by atoms with E-state index in [1.165, 1.54) is 4.57 Å². The van der Waals surface area contributed by atoms with Gasteiger partial charge in [0, 0.05) is 31.7 Å². The SMILES string of the molecule is CCOC(=O)C1CCCN(C(=O)c2cc3cccnc3n(C)c2=O)C1. The van der Waals surface area contributed by atoms with Crippen LogP contribution in [-0.2, 0) is 16.6 Å². The van der Waals surface area contributed by atoms with Gasteiger partial charge in [0.15, 0.2) is 0 Å². The van der Waals surface area contributed by atoms with Crippen LogP contribution in [0.3, 0.4) is 0 Å². The first-order valence-corrected chi connectivity index (χ1v) is 8.43. The fourth-order valence-corrected chi connectivity index (χ4v) is 3.23. The van der Waals surface area contributed by atoms with Crippen LogP contribution in [0.5, 0.6) is 0 Å². The zero-order valence-corrected chi connectivity index (χ0v) is 14.4. The largest absolute Gasteiger partial charge is 0.466 e. The Bertz CT molecular complexity index is 874. The van der Waals surface area contributed by atoms with E-state index in [4.69, 9.17) is 4.74 Å². The molecule has 0 aromatic carbocycles. The predicted molar refractivity (Wildman–Crippen MR) is 92.2 cm³/mol. The van der Waals surface area contributed by atoms with Gasteiger partial charge in [-0.25, -0.2) is 4.98 Å². The predicted octanol–water partition coefficient (Wildman–Crippen LogP) is 1.35. The molecule has 132 valence electrons. The summed E-state index contributed by atoms with van der Waals surface area (Å²) in [6.07, 6.45) is 3.02. The van der Waals surface area contributed by atoms with E-state index in [-0.39, 0.29) is 35.5 Å².